The van der Waals surface area contributed by atoms with Gasteiger partial charge < -0.3 is 15.0 Å². The third-order valence-corrected chi connectivity index (χ3v) is 6.30. The van der Waals surface area contributed by atoms with Crippen LogP contribution in [0.1, 0.15) is 77.6 Å². The topological polar surface area (TPSA) is 58.6 Å². The lowest BCUT2D eigenvalue weighted by Crippen LogP contribution is -2.46. The van der Waals surface area contributed by atoms with Crippen molar-refractivity contribution in [3.05, 3.63) is 0 Å². The van der Waals surface area contributed by atoms with Gasteiger partial charge in [0.1, 0.15) is 0 Å². The summed E-state index contributed by atoms with van der Waals surface area (Å²) in [4.78, 5) is 26.6. The molecule has 1 N–H and O–H groups in total. The second kappa shape index (κ2) is 8.52. The molecule has 2 amide bonds. The van der Waals surface area contributed by atoms with Crippen LogP contribution >= 0.6 is 0 Å². The minimum Gasteiger partial charge on any atom is -0.377 e. The first-order valence-electron chi connectivity index (χ1n) is 10.3. The van der Waals surface area contributed by atoms with Crippen molar-refractivity contribution in [3.8, 4) is 0 Å². The number of rotatable bonds is 5. The summed E-state index contributed by atoms with van der Waals surface area (Å²) < 4.78 is 6.03. The van der Waals surface area contributed by atoms with E-state index < -0.39 is 0 Å². The van der Waals surface area contributed by atoms with Crippen LogP contribution < -0.4 is 5.32 Å². The van der Waals surface area contributed by atoms with Crippen molar-refractivity contribution in [2.75, 3.05) is 19.7 Å². The van der Waals surface area contributed by atoms with Gasteiger partial charge in [0, 0.05) is 25.6 Å². The van der Waals surface area contributed by atoms with Gasteiger partial charge in [0.2, 0.25) is 11.8 Å². The summed E-state index contributed by atoms with van der Waals surface area (Å²) in [5.41, 5.74) is 0.455. The number of nitrogens with one attached hydrogen (secondary N) is 1. The zero-order valence-electron chi connectivity index (χ0n) is 15.7. The van der Waals surface area contributed by atoms with E-state index in [1.165, 1.54) is 25.7 Å². The summed E-state index contributed by atoms with van der Waals surface area (Å²) in [6, 6.07) is 0.107. The predicted molar refractivity (Wildman–Crippen MR) is 97.1 cm³/mol. The molecule has 5 heteroatoms. The SMILES string of the molecule is CCCC(=O)NC1CCCCN(C(=O)CC2CCC3(CCC3)CO2)C1. The van der Waals surface area contributed by atoms with Gasteiger partial charge in [-0.05, 0) is 56.8 Å². The zero-order valence-corrected chi connectivity index (χ0v) is 15.7. The Morgan fingerprint density at radius 2 is 2.00 bits per heavy atom. The molecule has 142 valence electrons. The first-order valence-corrected chi connectivity index (χ1v) is 10.3. The normalized spacial score (nSPS) is 28.9. The Balaban J connectivity index is 1.46. The average Bonchev–Trinajstić information content (AvgIpc) is 2.80. The van der Waals surface area contributed by atoms with Crippen molar-refractivity contribution in [3.63, 3.8) is 0 Å². The quantitative estimate of drug-likeness (QED) is 0.829. The molecule has 25 heavy (non-hydrogen) atoms. The Bertz CT molecular complexity index is 466. The van der Waals surface area contributed by atoms with Gasteiger partial charge in [-0.2, -0.15) is 0 Å². The molecule has 3 aliphatic rings. The summed E-state index contributed by atoms with van der Waals surface area (Å²) in [7, 11) is 0. The molecule has 2 saturated heterocycles. The lowest BCUT2D eigenvalue weighted by molar-refractivity contribution is -0.141. The maximum absolute atomic E-state index is 12.8. The minimum atomic E-state index is 0.0927. The Morgan fingerprint density at radius 3 is 2.64 bits per heavy atom. The van der Waals surface area contributed by atoms with Crippen LogP contribution in [-0.2, 0) is 14.3 Å². The van der Waals surface area contributed by atoms with Crippen molar-refractivity contribution in [1.82, 2.24) is 10.2 Å². The van der Waals surface area contributed by atoms with Gasteiger partial charge in [0.05, 0.1) is 19.1 Å². The Kier molecular flexibility index (Phi) is 6.37. The van der Waals surface area contributed by atoms with Crippen LogP contribution in [0.4, 0.5) is 0 Å². The molecular formula is C20H34N2O3. The molecule has 0 aromatic rings. The molecule has 2 heterocycles. The number of nitrogens with zero attached hydrogens (tertiary/aromatic N) is 1. The molecule has 0 aromatic carbocycles. The van der Waals surface area contributed by atoms with Gasteiger partial charge in [-0.3, -0.25) is 9.59 Å². The van der Waals surface area contributed by atoms with Gasteiger partial charge in [0.25, 0.3) is 0 Å². The average molecular weight is 351 g/mol. The van der Waals surface area contributed by atoms with E-state index in [0.717, 1.165) is 45.3 Å². The number of hydrogen-bond donors (Lipinski definition) is 1. The highest BCUT2D eigenvalue weighted by molar-refractivity contribution is 5.78. The second-order valence-corrected chi connectivity index (χ2v) is 8.38. The van der Waals surface area contributed by atoms with Crippen LogP contribution in [-0.4, -0.2) is 48.6 Å². The van der Waals surface area contributed by atoms with E-state index in [1.54, 1.807) is 0 Å². The highest BCUT2D eigenvalue weighted by Gasteiger charge is 2.41. The fourth-order valence-corrected chi connectivity index (χ4v) is 4.49. The Morgan fingerprint density at radius 1 is 1.16 bits per heavy atom. The summed E-state index contributed by atoms with van der Waals surface area (Å²) in [5.74, 6) is 0.314. The highest BCUT2D eigenvalue weighted by Crippen LogP contribution is 2.48. The summed E-state index contributed by atoms with van der Waals surface area (Å²) in [5, 5.41) is 3.11. The van der Waals surface area contributed by atoms with E-state index >= 15 is 0 Å². The van der Waals surface area contributed by atoms with Crippen LogP contribution in [0.2, 0.25) is 0 Å². The standard InChI is InChI=1S/C20H34N2O3/c1-2-6-18(23)21-16-7-3-4-12-22(14-16)19(24)13-17-8-11-20(15-25-17)9-5-10-20/h16-17H,2-15H2,1H3,(H,21,23). The van der Waals surface area contributed by atoms with Crippen LogP contribution in [0.3, 0.4) is 0 Å². The van der Waals surface area contributed by atoms with Gasteiger partial charge in [0.15, 0.2) is 0 Å². The molecule has 2 aliphatic heterocycles. The zero-order chi connectivity index (χ0) is 17.7. The fraction of sp³-hybridized carbons (Fsp3) is 0.900. The van der Waals surface area contributed by atoms with E-state index in [-0.39, 0.29) is 24.0 Å². The van der Waals surface area contributed by atoms with Gasteiger partial charge in [-0.1, -0.05) is 13.3 Å². The van der Waals surface area contributed by atoms with Crippen LogP contribution in [0.5, 0.6) is 0 Å². The maximum atomic E-state index is 12.8. The van der Waals surface area contributed by atoms with E-state index in [4.69, 9.17) is 4.74 Å². The molecule has 2 atom stereocenters. The predicted octanol–water partition coefficient (Wildman–Crippen LogP) is 3.02. The minimum absolute atomic E-state index is 0.0927. The Hall–Kier alpha value is -1.10. The highest BCUT2D eigenvalue weighted by atomic mass is 16.5. The number of carbonyl (C=O) groups is 2. The van der Waals surface area contributed by atoms with Crippen molar-refractivity contribution < 1.29 is 14.3 Å². The number of ether oxygens (including phenoxy) is 1. The van der Waals surface area contributed by atoms with E-state index in [9.17, 15) is 9.59 Å². The molecule has 0 radical (unpaired) electrons. The van der Waals surface area contributed by atoms with Crippen LogP contribution in [0, 0.1) is 5.41 Å². The fourth-order valence-electron chi connectivity index (χ4n) is 4.49. The van der Waals surface area contributed by atoms with E-state index in [1.807, 2.05) is 11.8 Å². The molecule has 1 spiro atoms. The molecule has 1 aliphatic carbocycles. The number of likely N-dealkylation sites (tertiary alicyclic amines) is 1. The van der Waals surface area contributed by atoms with Crippen molar-refractivity contribution in [2.24, 2.45) is 5.41 Å². The molecule has 3 fully saturated rings. The monoisotopic (exact) mass is 350 g/mol. The van der Waals surface area contributed by atoms with Crippen LogP contribution in [0.25, 0.3) is 0 Å². The number of hydrogen-bond acceptors (Lipinski definition) is 3. The molecule has 0 aromatic heterocycles. The molecule has 2 unspecified atom stereocenters. The lowest BCUT2D eigenvalue weighted by Gasteiger charge is -2.46. The summed E-state index contributed by atoms with van der Waals surface area (Å²) in [6.45, 7) is 4.33. The third-order valence-electron chi connectivity index (χ3n) is 6.30. The van der Waals surface area contributed by atoms with Gasteiger partial charge in [-0.15, -0.1) is 0 Å². The lowest BCUT2D eigenvalue weighted by atomic mass is 9.65. The maximum Gasteiger partial charge on any atom is 0.225 e. The largest absolute Gasteiger partial charge is 0.377 e. The summed E-state index contributed by atoms with van der Waals surface area (Å²) >= 11 is 0. The first kappa shape index (κ1) is 18.7. The van der Waals surface area contributed by atoms with E-state index in [2.05, 4.69) is 5.32 Å². The van der Waals surface area contributed by atoms with Crippen molar-refractivity contribution in [2.45, 2.75) is 89.7 Å². The van der Waals surface area contributed by atoms with Crippen LogP contribution in [0.15, 0.2) is 0 Å². The first-order chi connectivity index (χ1) is 12.1. The molecule has 0 bridgehead atoms. The molecule has 1 saturated carbocycles. The van der Waals surface area contributed by atoms with Gasteiger partial charge in [-0.25, -0.2) is 0 Å². The second-order valence-electron chi connectivity index (χ2n) is 8.38. The smallest absolute Gasteiger partial charge is 0.225 e. The third kappa shape index (κ3) is 4.96. The molecular weight excluding hydrogens is 316 g/mol. The molecule has 5 nitrogen and oxygen atoms in total. The molecule has 3 rings (SSSR count). The number of amides is 2. The number of carbonyl (C=O) groups excluding carboxylic acids is 2. The van der Waals surface area contributed by atoms with Gasteiger partial charge >= 0.3 is 0 Å². The van der Waals surface area contributed by atoms with E-state index in [0.29, 0.717) is 24.8 Å². The van der Waals surface area contributed by atoms with Crippen molar-refractivity contribution in [1.29, 1.82) is 0 Å². The van der Waals surface area contributed by atoms with Crippen molar-refractivity contribution >= 4 is 11.8 Å². The Labute approximate surface area is 151 Å². The summed E-state index contributed by atoms with van der Waals surface area (Å²) in [6.07, 6.45) is 11.3.